The van der Waals surface area contributed by atoms with E-state index in [0.29, 0.717) is 12.0 Å². The molecule has 1 amide bonds. The molecule has 0 aromatic carbocycles. The van der Waals surface area contributed by atoms with Crippen LogP contribution in [0.5, 0.6) is 0 Å². The standard InChI is InChI=1S/C13H24N2O2/c1-13(2,3)17-12(16)15-8-9-4-5-11(15)7-10(14)6-9/h9-11H,4-8,14H2,1-3H3. The van der Waals surface area contributed by atoms with Crippen molar-refractivity contribution in [2.75, 3.05) is 6.54 Å². The van der Waals surface area contributed by atoms with E-state index in [0.717, 1.165) is 25.8 Å². The van der Waals surface area contributed by atoms with Crippen LogP contribution in [0.1, 0.15) is 46.5 Å². The minimum atomic E-state index is -0.412. The number of fused-ring (bicyclic) bond motifs is 4. The Hall–Kier alpha value is -0.770. The van der Waals surface area contributed by atoms with Crippen LogP contribution in [0.2, 0.25) is 0 Å². The average molecular weight is 240 g/mol. The second-order valence-electron chi connectivity index (χ2n) is 6.46. The number of hydrogen-bond acceptors (Lipinski definition) is 3. The molecule has 3 rings (SSSR count). The van der Waals surface area contributed by atoms with E-state index in [1.54, 1.807) is 0 Å². The fourth-order valence-corrected chi connectivity index (χ4v) is 2.96. The molecule has 98 valence electrons. The van der Waals surface area contributed by atoms with Crippen molar-refractivity contribution in [3.05, 3.63) is 0 Å². The van der Waals surface area contributed by atoms with Crippen LogP contribution >= 0.6 is 0 Å². The lowest BCUT2D eigenvalue weighted by Gasteiger charge is -2.37. The molecule has 3 fully saturated rings. The van der Waals surface area contributed by atoms with E-state index in [-0.39, 0.29) is 12.1 Å². The van der Waals surface area contributed by atoms with Gasteiger partial charge in [-0.15, -0.1) is 0 Å². The maximum absolute atomic E-state index is 12.1. The predicted octanol–water partition coefficient (Wildman–Crippen LogP) is 2.12. The van der Waals surface area contributed by atoms with Crippen molar-refractivity contribution < 1.29 is 9.53 Å². The molecule has 3 atom stereocenters. The van der Waals surface area contributed by atoms with Crippen molar-refractivity contribution in [1.29, 1.82) is 0 Å². The van der Waals surface area contributed by atoms with Crippen LogP contribution in [0.25, 0.3) is 0 Å². The van der Waals surface area contributed by atoms with E-state index in [1.807, 2.05) is 25.7 Å². The lowest BCUT2D eigenvalue weighted by molar-refractivity contribution is 0.00611. The number of nitrogens with zero attached hydrogens (tertiary/aromatic N) is 1. The van der Waals surface area contributed by atoms with Crippen LogP contribution < -0.4 is 5.73 Å². The molecule has 0 radical (unpaired) electrons. The second kappa shape index (κ2) is 4.48. The third-order valence-corrected chi connectivity index (χ3v) is 3.64. The zero-order valence-electron chi connectivity index (χ0n) is 11.1. The lowest BCUT2D eigenvalue weighted by atomic mass is 9.95. The fraction of sp³-hybridized carbons (Fsp3) is 0.923. The van der Waals surface area contributed by atoms with Gasteiger partial charge in [-0.2, -0.15) is 0 Å². The number of nitrogens with two attached hydrogens (primary N) is 1. The van der Waals surface area contributed by atoms with Crippen molar-refractivity contribution in [3.63, 3.8) is 0 Å². The summed E-state index contributed by atoms with van der Waals surface area (Å²) >= 11 is 0. The molecule has 0 aromatic heterocycles. The van der Waals surface area contributed by atoms with Crippen LogP contribution in [0.15, 0.2) is 0 Å². The summed E-state index contributed by atoms with van der Waals surface area (Å²) in [6.45, 7) is 6.55. The number of ether oxygens (including phenoxy) is 1. The molecule has 2 N–H and O–H groups in total. The Morgan fingerprint density at radius 1 is 1.29 bits per heavy atom. The molecule has 2 bridgehead atoms. The quantitative estimate of drug-likeness (QED) is 0.705. The zero-order chi connectivity index (χ0) is 12.6. The summed E-state index contributed by atoms with van der Waals surface area (Å²) in [7, 11) is 0. The Bertz CT molecular complexity index is 298. The highest BCUT2D eigenvalue weighted by molar-refractivity contribution is 5.68. The van der Waals surface area contributed by atoms with Gasteiger partial charge in [0.05, 0.1) is 0 Å². The normalized spacial score (nSPS) is 33.4. The summed E-state index contributed by atoms with van der Waals surface area (Å²) in [6, 6.07) is 0.540. The Morgan fingerprint density at radius 2 is 2.00 bits per heavy atom. The molecule has 2 saturated heterocycles. The zero-order valence-corrected chi connectivity index (χ0v) is 11.1. The Labute approximate surface area is 103 Å². The van der Waals surface area contributed by atoms with Crippen molar-refractivity contribution >= 4 is 6.09 Å². The van der Waals surface area contributed by atoms with E-state index in [4.69, 9.17) is 10.5 Å². The predicted molar refractivity (Wildman–Crippen MR) is 66.7 cm³/mol. The molecule has 2 heterocycles. The number of rotatable bonds is 0. The lowest BCUT2D eigenvalue weighted by Crippen LogP contribution is -2.47. The van der Waals surface area contributed by atoms with Gasteiger partial charge in [0, 0.05) is 18.6 Å². The fourth-order valence-electron chi connectivity index (χ4n) is 2.96. The molecule has 4 heteroatoms. The second-order valence-corrected chi connectivity index (χ2v) is 6.46. The SMILES string of the molecule is CC(C)(C)OC(=O)N1CC2CCC1CC(N)C2. The number of carbonyl (C=O) groups excluding carboxylic acids is 1. The summed E-state index contributed by atoms with van der Waals surface area (Å²) in [6.07, 6.45) is 4.10. The van der Waals surface area contributed by atoms with Crippen molar-refractivity contribution in [1.82, 2.24) is 4.90 Å². The minimum absolute atomic E-state index is 0.165. The molecule has 3 aliphatic rings. The molecular formula is C13H24N2O2. The van der Waals surface area contributed by atoms with Gasteiger partial charge in [-0.05, 0) is 52.4 Å². The van der Waals surface area contributed by atoms with Crippen LogP contribution in [0, 0.1) is 5.92 Å². The first-order valence-corrected chi connectivity index (χ1v) is 6.60. The van der Waals surface area contributed by atoms with Crippen LogP contribution in [-0.2, 0) is 4.74 Å². The minimum Gasteiger partial charge on any atom is -0.444 e. The Kier molecular flexibility index (Phi) is 3.34. The van der Waals surface area contributed by atoms with Gasteiger partial charge in [-0.25, -0.2) is 4.79 Å². The van der Waals surface area contributed by atoms with Crippen LogP contribution in [0.4, 0.5) is 4.79 Å². The maximum Gasteiger partial charge on any atom is 0.410 e. The van der Waals surface area contributed by atoms with E-state index < -0.39 is 5.60 Å². The van der Waals surface area contributed by atoms with Crippen LogP contribution in [-0.4, -0.2) is 35.2 Å². The summed E-state index contributed by atoms with van der Waals surface area (Å²) in [5, 5.41) is 0. The van der Waals surface area contributed by atoms with E-state index in [2.05, 4.69) is 0 Å². The highest BCUT2D eigenvalue weighted by atomic mass is 16.6. The first-order valence-electron chi connectivity index (χ1n) is 6.60. The van der Waals surface area contributed by atoms with Crippen molar-refractivity contribution in [2.45, 2.75) is 64.1 Å². The summed E-state index contributed by atoms with van der Waals surface area (Å²) in [4.78, 5) is 14.0. The first-order chi connectivity index (χ1) is 7.85. The number of hydrogen-bond donors (Lipinski definition) is 1. The van der Waals surface area contributed by atoms with E-state index >= 15 is 0 Å². The van der Waals surface area contributed by atoms with Gasteiger partial charge in [-0.3, -0.25) is 0 Å². The van der Waals surface area contributed by atoms with Gasteiger partial charge in [0.15, 0.2) is 0 Å². The molecule has 17 heavy (non-hydrogen) atoms. The van der Waals surface area contributed by atoms with Gasteiger partial charge < -0.3 is 15.4 Å². The topological polar surface area (TPSA) is 55.6 Å². The number of amides is 1. The molecule has 0 spiro atoms. The Morgan fingerprint density at radius 3 is 2.65 bits per heavy atom. The van der Waals surface area contributed by atoms with Gasteiger partial charge in [0.1, 0.15) is 5.60 Å². The molecule has 1 aliphatic carbocycles. The van der Waals surface area contributed by atoms with Crippen molar-refractivity contribution in [3.8, 4) is 0 Å². The summed E-state index contributed by atoms with van der Waals surface area (Å²) in [5.74, 6) is 0.566. The third kappa shape index (κ3) is 3.12. The van der Waals surface area contributed by atoms with E-state index in [1.165, 1.54) is 6.42 Å². The largest absolute Gasteiger partial charge is 0.444 e. The van der Waals surface area contributed by atoms with Gasteiger partial charge in [0.25, 0.3) is 0 Å². The highest BCUT2D eigenvalue weighted by Crippen LogP contribution is 2.33. The smallest absolute Gasteiger partial charge is 0.410 e. The maximum atomic E-state index is 12.1. The number of piperidine rings is 1. The molecule has 3 unspecified atom stereocenters. The van der Waals surface area contributed by atoms with E-state index in [9.17, 15) is 4.79 Å². The summed E-state index contributed by atoms with van der Waals surface area (Å²) in [5.41, 5.74) is 5.65. The van der Waals surface area contributed by atoms with Gasteiger partial charge in [-0.1, -0.05) is 0 Å². The molecule has 2 aliphatic heterocycles. The van der Waals surface area contributed by atoms with Gasteiger partial charge >= 0.3 is 6.09 Å². The molecule has 1 saturated carbocycles. The molecule has 0 aromatic rings. The third-order valence-electron chi connectivity index (χ3n) is 3.64. The summed E-state index contributed by atoms with van der Waals surface area (Å²) < 4.78 is 5.47. The average Bonchev–Trinajstić information content (AvgIpc) is 2.43. The van der Waals surface area contributed by atoms with Gasteiger partial charge in [0.2, 0.25) is 0 Å². The molecular weight excluding hydrogens is 216 g/mol. The molecule has 4 nitrogen and oxygen atoms in total. The highest BCUT2D eigenvalue weighted by Gasteiger charge is 2.38. The van der Waals surface area contributed by atoms with Crippen LogP contribution in [0.3, 0.4) is 0 Å². The monoisotopic (exact) mass is 240 g/mol. The van der Waals surface area contributed by atoms with Crippen molar-refractivity contribution in [2.24, 2.45) is 11.7 Å². The first kappa shape index (κ1) is 12.7. The number of carbonyl (C=O) groups is 1. The Balaban J connectivity index is 2.04.